The molecule has 0 fully saturated rings. The highest BCUT2D eigenvalue weighted by molar-refractivity contribution is 5.94. The minimum Gasteiger partial charge on any atom is -0.373 e. The van der Waals surface area contributed by atoms with Gasteiger partial charge in [0, 0.05) is 69.0 Å². The van der Waals surface area contributed by atoms with Crippen LogP contribution in [0.15, 0.2) is 61.1 Å². The second kappa shape index (κ2) is 9.07. The van der Waals surface area contributed by atoms with Crippen LogP contribution in [0.5, 0.6) is 0 Å². The van der Waals surface area contributed by atoms with Gasteiger partial charge in [-0.3, -0.25) is 14.7 Å². The van der Waals surface area contributed by atoms with Gasteiger partial charge in [-0.1, -0.05) is 6.08 Å². The zero-order chi connectivity index (χ0) is 23.7. The van der Waals surface area contributed by atoms with Crippen molar-refractivity contribution in [2.24, 2.45) is 12.8 Å². The van der Waals surface area contributed by atoms with E-state index < -0.39 is 5.91 Å². The summed E-state index contributed by atoms with van der Waals surface area (Å²) in [7, 11) is 3.94. The number of carbonyl (C=O) groups is 1. The van der Waals surface area contributed by atoms with E-state index in [0.29, 0.717) is 5.56 Å². The fraction of sp³-hybridized carbons (Fsp3) is 0.231. The molecule has 1 aliphatic heterocycles. The zero-order valence-corrected chi connectivity index (χ0v) is 19.3. The van der Waals surface area contributed by atoms with Crippen LogP contribution in [0, 0.1) is 0 Å². The van der Waals surface area contributed by atoms with Crippen LogP contribution in [-0.2, 0) is 13.6 Å². The van der Waals surface area contributed by atoms with Crippen LogP contribution in [0.3, 0.4) is 0 Å². The molecule has 0 saturated heterocycles. The summed E-state index contributed by atoms with van der Waals surface area (Å²) < 4.78 is 2.18. The monoisotopic (exact) mass is 453 g/mol. The van der Waals surface area contributed by atoms with Gasteiger partial charge in [-0.2, -0.15) is 0 Å². The highest BCUT2D eigenvalue weighted by Crippen LogP contribution is 2.30. The first-order valence-electron chi connectivity index (χ1n) is 11.3. The number of nitrogens with one attached hydrogen (secondary N) is 1. The summed E-state index contributed by atoms with van der Waals surface area (Å²) in [6.07, 6.45) is 8.43. The molecule has 3 N–H and O–H groups in total. The van der Waals surface area contributed by atoms with Crippen molar-refractivity contribution in [3.63, 3.8) is 0 Å². The lowest BCUT2D eigenvalue weighted by atomic mass is 10.0. The van der Waals surface area contributed by atoms with Gasteiger partial charge in [0.05, 0.1) is 11.3 Å². The lowest BCUT2D eigenvalue weighted by Crippen LogP contribution is -2.29. The summed E-state index contributed by atoms with van der Waals surface area (Å²) in [6, 6.07) is 12.0. The van der Waals surface area contributed by atoms with Crippen LogP contribution in [0.1, 0.15) is 28.2 Å². The molecule has 8 nitrogen and oxygen atoms in total. The fourth-order valence-corrected chi connectivity index (χ4v) is 4.42. The number of nitrogens with zero attached hydrogens (tertiary/aromatic N) is 5. The summed E-state index contributed by atoms with van der Waals surface area (Å²) in [6.45, 7) is 2.61. The van der Waals surface area contributed by atoms with Crippen molar-refractivity contribution in [1.29, 1.82) is 0 Å². The number of hydrogen-bond donors (Lipinski definition) is 2. The normalized spacial score (nSPS) is 14.2. The van der Waals surface area contributed by atoms with Gasteiger partial charge in [0.1, 0.15) is 11.5 Å². The highest BCUT2D eigenvalue weighted by atomic mass is 16.1. The Morgan fingerprint density at radius 2 is 2.00 bits per heavy atom. The second-order valence-corrected chi connectivity index (χ2v) is 8.48. The maximum absolute atomic E-state index is 11.3. The van der Waals surface area contributed by atoms with E-state index in [1.807, 2.05) is 31.6 Å². The molecule has 172 valence electrons. The first kappa shape index (κ1) is 21.8. The van der Waals surface area contributed by atoms with Crippen LogP contribution in [0.4, 0.5) is 5.82 Å². The SMILES string of the molecule is CNc1ccc(-c2ccnc3c2cc(CN2CC=C(c4ccc(C(N)=O)cn4)CC2)n3C)cn1. The molecular formula is C26H27N7O. The molecule has 1 aliphatic rings. The Morgan fingerprint density at radius 3 is 2.65 bits per heavy atom. The predicted molar refractivity (Wildman–Crippen MR) is 134 cm³/mol. The number of rotatable bonds is 6. The molecule has 5 rings (SSSR count). The van der Waals surface area contributed by atoms with Crippen molar-refractivity contribution in [3.8, 4) is 11.1 Å². The minimum atomic E-state index is -0.457. The number of primary amides is 1. The third-order valence-electron chi connectivity index (χ3n) is 6.42. The number of aryl methyl sites for hydroxylation is 1. The van der Waals surface area contributed by atoms with Crippen LogP contribution >= 0.6 is 0 Å². The van der Waals surface area contributed by atoms with Crippen molar-refractivity contribution >= 4 is 28.3 Å². The quantitative estimate of drug-likeness (QED) is 0.464. The summed E-state index contributed by atoms with van der Waals surface area (Å²) in [5.41, 5.74) is 12.2. The van der Waals surface area contributed by atoms with Crippen LogP contribution in [-0.4, -0.2) is 50.5 Å². The fourth-order valence-electron chi connectivity index (χ4n) is 4.42. The highest BCUT2D eigenvalue weighted by Gasteiger charge is 2.18. The molecule has 0 radical (unpaired) electrons. The molecule has 4 aromatic rings. The van der Waals surface area contributed by atoms with E-state index in [0.717, 1.165) is 59.7 Å². The number of amides is 1. The number of aromatic nitrogens is 4. The first-order valence-corrected chi connectivity index (χ1v) is 11.3. The van der Waals surface area contributed by atoms with Gasteiger partial charge in [0.15, 0.2) is 0 Å². The molecule has 8 heteroatoms. The van der Waals surface area contributed by atoms with Crippen LogP contribution < -0.4 is 11.1 Å². The standard InChI is InChI=1S/C26H27N7O/c1-28-24-6-4-18(14-31-24)21-7-10-29-26-22(21)13-20(32(26)2)16-33-11-8-17(9-12-33)23-5-3-19(15-30-23)25(27)34/h3-8,10,13-15H,9,11-12,16H2,1-2H3,(H2,27,34)(H,28,31). The molecule has 1 amide bonds. The van der Waals surface area contributed by atoms with E-state index in [-0.39, 0.29) is 0 Å². The Labute approximate surface area is 198 Å². The smallest absolute Gasteiger partial charge is 0.250 e. The summed E-state index contributed by atoms with van der Waals surface area (Å²) in [4.78, 5) is 27.2. The molecular weight excluding hydrogens is 426 g/mol. The predicted octanol–water partition coefficient (Wildman–Crippen LogP) is 3.46. The average Bonchev–Trinajstić information content (AvgIpc) is 3.20. The molecule has 34 heavy (non-hydrogen) atoms. The van der Waals surface area contributed by atoms with E-state index >= 15 is 0 Å². The van der Waals surface area contributed by atoms with E-state index in [1.165, 1.54) is 11.3 Å². The van der Waals surface area contributed by atoms with Crippen LogP contribution in [0.2, 0.25) is 0 Å². The lowest BCUT2D eigenvalue weighted by molar-refractivity contribution is 0.1000. The molecule has 0 saturated carbocycles. The van der Waals surface area contributed by atoms with Gasteiger partial charge in [0.2, 0.25) is 5.91 Å². The van der Waals surface area contributed by atoms with Gasteiger partial charge in [-0.15, -0.1) is 0 Å². The third kappa shape index (κ3) is 4.15. The van der Waals surface area contributed by atoms with E-state index in [1.54, 1.807) is 12.3 Å². The van der Waals surface area contributed by atoms with Crippen molar-refractivity contribution in [2.75, 3.05) is 25.5 Å². The first-order chi connectivity index (χ1) is 16.5. The Hall–Kier alpha value is -4.04. The summed E-state index contributed by atoms with van der Waals surface area (Å²) >= 11 is 0. The third-order valence-corrected chi connectivity index (χ3v) is 6.42. The Balaban J connectivity index is 1.35. The summed E-state index contributed by atoms with van der Waals surface area (Å²) in [5.74, 6) is 0.390. The molecule has 0 spiro atoms. The van der Waals surface area contributed by atoms with Crippen molar-refractivity contribution in [2.45, 2.75) is 13.0 Å². The number of pyridine rings is 3. The number of anilines is 1. The minimum absolute atomic E-state index is 0.430. The van der Waals surface area contributed by atoms with E-state index in [4.69, 9.17) is 5.73 Å². The average molecular weight is 454 g/mol. The van der Waals surface area contributed by atoms with Crippen molar-refractivity contribution in [1.82, 2.24) is 24.4 Å². The number of hydrogen-bond acceptors (Lipinski definition) is 6. The van der Waals surface area contributed by atoms with Gasteiger partial charge < -0.3 is 15.6 Å². The number of fused-ring (bicyclic) bond motifs is 1. The number of carbonyl (C=O) groups excluding carboxylic acids is 1. The summed E-state index contributed by atoms with van der Waals surface area (Å²) in [5, 5.41) is 4.19. The van der Waals surface area contributed by atoms with E-state index in [2.05, 4.69) is 61.1 Å². The molecule has 0 unspecified atom stereocenters. The van der Waals surface area contributed by atoms with Crippen molar-refractivity contribution < 1.29 is 4.79 Å². The molecule has 0 aliphatic carbocycles. The van der Waals surface area contributed by atoms with Gasteiger partial charge >= 0.3 is 0 Å². The maximum Gasteiger partial charge on any atom is 0.250 e. The Bertz CT molecular complexity index is 1370. The molecule has 4 aromatic heterocycles. The van der Waals surface area contributed by atoms with Gasteiger partial charge in [-0.25, -0.2) is 9.97 Å². The Morgan fingerprint density at radius 1 is 1.12 bits per heavy atom. The topological polar surface area (TPSA) is 102 Å². The molecule has 0 aromatic carbocycles. The molecule has 0 atom stereocenters. The van der Waals surface area contributed by atoms with Gasteiger partial charge in [-0.05, 0) is 54.0 Å². The second-order valence-electron chi connectivity index (χ2n) is 8.48. The maximum atomic E-state index is 11.3. The molecule has 5 heterocycles. The van der Waals surface area contributed by atoms with Crippen molar-refractivity contribution in [3.05, 3.63) is 78.0 Å². The lowest BCUT2D eigenvalue weighted by Gasteiger charge is -2.26. The number of nitrogens with two attached hydrogens (primary N) is 1. The molecule has 0 bridgehead atoms. The van der Waals surface area contributed by atoms with Crippen LogP contribution in [0.25, 0.3) is 27.7 Å². The van der Waals surface area contributed by atoms with Gasteiger partial charge in [0.25, 0.3) is 0 Å². The Kier molecular flexibility index (Phi) is 5.81. The zero-order valence-electron chi connectivity index (χ0n) is 19.3. The largest absolute Gasteiger partial charge is 0.373 e. The van der Waals surface area contributed by atoms with E-state index in [9.17, 15) is 4.79 Å².